The number of aliphatic hydroxyl groups is 1. The Morgan fingerprint density at radius 1 is 1.40 bits per heavy atom. The zero-order valence-electron chi connectivity index (χ0n) is 10.5. The molecule has 1 aromatic carbocycles. The summed E-state index contributed by atoms with van der Waals surface area (Å²) in [7, 11) is 0. The highest BCUT2D eigenvalue weighted by Gasteiger charge is 2.13. The Balaban J connectivity index is 2.17. The molecular formula is C13H11ClN2O4. The number of nitrogens with zero attached hydrogens (tertiary/aromatic N) is 2. The van der Waals surface area contributed by atoms with E-state index in [0.717, 1.165) is 0 Å². The molecule has 7 heteroatoms. The predicted octanol–water partition coefficient (Wildman–Crippen LogP) is 3.49. The fourth-order valence-corrected chi connectivity index (χ4v) is 1.76. The van der Waals surface area contributed by atoms with E-state index < -0.39 is 11.0 Å². The van der Waals surface area contributed by atoms with Gasteiger partial charge in [-0.2, -0.15) is 0 Å². The van der Waals surface area contributed by atoms with Crippen LogP contribution in [0.3, 0.4) is 0 Å². The second kappa shape index (κ2) is 5.85. The number of ether oxygens (including phenoxy) is 1. The molecule has 20 heavy (non-hydrogen) atoms. The molecule has 0 radical (unpaired) electrons. The lowest BCUT2D eigenvalue weighted by Crippen LogP contribution is -1.94. The van der Waals surface area contributed by atoms with Crippen molar-refractivity contribution >= 4 is 17.3 Å². The van der Waals surface area contributed by atoms with E-state index in [1.54, 1.807) is 19.1 Å². The average Bonchev–Trinajstić information content (AvgIpc) is 2.39. The zero-order chi connectivity index (χ0) is 14.7. The lowest BCUT2D eigenvalue weighted by atomic mass is 10.2. The third-order valence-electron chi connectivity index (χ3n) is 2.58. The van der Waals surface area contributed by atoms with Gasteiger partial charge in [-0.1, -0.05) is 11.6 Å². The third-order valence-corrected chi connectivity index (χ3v) is 2.88. The first-order chi connectivity index (χ1) is 9.47. The van der Waals surface area contributed by atoms with Crippen molar-refractivity contribution in [2.45, 2.75) is 13.0 Å². The number of hydrogen-bond acceptors (Lipinski definition) is 5. The van der Waals surface area contributed by atoms with Gasteiger partial charge in [0.05, 0.1) is 11.0 Å². The minimum absolute atomic E-state index is 0.00639. The number of hydrogen-bond donors (Lipinski definition) is 1. The predicted molar refractivity (Wildman–Crippen MR) is 73.1 cm³/mol. The Kier molecular flexibility index (Phi) is 4.16. The quantitative estimate of drug-likeness (QED) is 0.689. The monoisotopic (exact) mass is 294 g/mol. The second-order valence-corrected chi connectivity index (χ2v) is 4.49. The molecule has 1 heterocycles. The summed E-state index contributed by atoms with van der Waals surface area (Å²) >= 11 is 5.78. The van der Waals surface area contributed by atoms with Crippen LogP contribution >= 0.6 is 11.6 Å². The smallest absolute Gasteiger partial charge is 0.288 e. The Hall–Kier alpha value is -2.18. The number of pyridine rings is 1. The summed E-state index contributed by atoms with van der Waals surface area (Å²) < 4.78 is 5.43. The standard InChI is InChI=1S/C13H11ClN2O4/c1-8(17)9-2-5-13(15-7-9)20-10-3-4-12(16(18)19)11(14)6-10/h2-8,17H,1H3. The summed E-state index contributed by atoms with van der Waals surface area (Å²) in [5.74, 6) is 0.650. The highest BCUT2D eigenvalue weighted by Crippen LogP contribution is 2.30. The number of halogens is 1. The van der Waals surface area contributed by atoms with Gasteiger partial charge in [-0.15, -0.1) is 0 Å². The molecule has 2 rings (SSSR count). The SMILES string of the molecule is CC(O)c1ccc(Oc2ccc([N+](=O)[O-])c(Cl)c2)nc1. The van der Waals surface area contributed by atoms with E-state index in [1.165, 1.54) is 24.4 Å². The summed E-state index contributed by atoms with van der Waals surface area (Å²) in [5.41, 5.74) is 0.482. The molecule has 0 fully saturated rings. The van der Waals surface area contributed by atoms with Crippen LogP contribution in [0.25, 0.3) is 0 Å². The van der Waals surface area contributed by atoms with E-state index in [9.17, 15) is 15.2 Å². The summed E-state index contributed by atoms with van der Waals surface area (Å²) in [6.07, 6.45) is 0.887. The Labute approximate surface area is 119 Å². The van der Waals surface area contributed by atoms with Crippen LogP contribution < -0.4 is 4.74 Å². The molecule has 1 atom stereocenters. The number of nitro benzene ring substituents is 1. The highest BCUT2D eigenvalue weighted by molar-refractivity contribution is 6.32. The molecule has 0 aliphatic rings. The molecule has 0 aliphatic heterocycles. The maximum absolute atomic E-state index is 10.6. The van der Waals surface area contributed by atoms with Crippen LogP contribution in [0.1, 0.15) is 18.6 Å². The molecule has 2 aromatic rings. The minimum atomic E-state index is -0.606. The fraction of sp³-hybridized carbons (Fsp3) is 0.154. The van der Waals surface area contributed by atoms with Gasteiger partial charge in [-0.05, 0) is 24.6 Å². The maximum atomic E-state index is 10.6. The topological polar surface area (TPSA) is 85.5 Å². The van der Waals surface area contributed by atoms with E-state index >= 15 is 0 Å². The van der Waals surface area contributed by atoms with Gasteiger partial charge in [0.25, 0.3) is 5.69 Å². The van der Waals surface area contributed by atoms with Crippen LogP contribution in [0, 0.1) is 10.1 Å². The number of aromatic nitrogens is 1. The van der Waals surface area contributed by atoms with E-state index in [1.807, 2.05) is 0 Å². The van der Waals surface area contributed by atoms with Crippen molar-refractivity contribution in [3.63, 3.8) is 0 Å². The van der Waals surface area contributed by atoms with Gasteiger partial charge in [0, 0.05) is 24.4 Å². The molecule has 0 aliphatic carbocycles. The van der Waals surface area contributed by atoms with Gasteiger partial charge in [-0.25, -0.2) is 4.98 Å². The molecular weight excluding hydrogens is 284 g/mol. The Morgan fingerprint density at radius 2 is 2.15 bits per heavy atom. The van der Waals surface area contributed by atoms with E-state index in [0.29, 0.717) is 17.2 Å². The molecule has 0 spiro atoms. The summed E-state index contributed by atoms with van der Waals surface area (Å²) in [6.45, 7) is 1.63. The minimum Gasteiger partial charge on any atom is -0.439 e. The average molecular weight is 295 g/mol. The van der Waals surface area contributed by atoms with Gasteiger partial charge < -0.3 is 9.84 Å². The molecule has 104 valence electrons. The third kappa shape index (κ3) is 3.23. The van der Waals surface area contributed by atoms with Crippen LogP contribution in [0.4, 0.5) is 5.69 Å². The van der Waals surface area contributed by atoms with E-state index in [2.05, 4.69) is 4.98 Å². The Bertz CT molecular complexity index is 629. The number of benzene rings is 1. The molecule has 0 saturated heterocycles. The van der Waals surface area contributed by atoms with Crippen molar-refractivity contribution in [2.75, 3.05) is 0 Å². The maximum Gasteiger partial charge on any atom is 0.288 e. The van der Waals surface area contributed by atoms with Crippen molar-refractivity contribution in [1.82, 2.24) is 4.98 Å². The van der Waals surface area contributed by atoms with Crippen LogP contribution in [0.15, 0.2) is 36.5 Å². The Morgan fingerprint density at radius 3 is 2.65 bits per heavy atom. The van der Waals surface area contributed by atoms with E-state index in [4.69, 9.17) is 16.3 Å². The summed E-state index contributed by atoms with van der Waals surface area (Å²) in [4.78, 5) is 14.1. The molecule has 1 N–H and O–H groups in total. The van der Waals surface area contributed by atoms with Crippen molar-refractivity contribution < 1.29 is 14.8 Å². The fourth-order valence-electron chi connectivity index (χ4n) is 1.52. The number of aliphatic hydroxyl groups excluding tert-OH is 1. The zero-order valence-corrected chi connectivity index (χ0v) is 11.2. The van der Waals surface area contributed by atoms with Crippen LogP contribution in [-0.4, -0.2) is 15.0 Å². The summed E-state index contributed by atoms with van der Waals surface area (Å²) in [5, 5.41) is 20.0. The second-order valence-electron chi connectivity index (χ2n) is 4.08. The van der Waals surface area contributed by atoms with Gasteiger partial charge in [-0.3, -0.25) is 10.1 Å². The van der Waals surface area contributed by atoms with Gasteiger partial charge in [0.1, 0.15) is 10.8 Å². The molecule has 0 bridgehead atoms. The number of nitro groups is 1. The first kappa shape index (κ1) is 14.2. The highest BCUT2D eigenvalue weighted by atomic mass is 35.5. The lowest BCUT2D eigenvalue weighted by Gasteiger charge is -2.07. The first-order valence-electron chi connectivity index (χ1n) is 5.73. The normalized spacial score (nSPS) is 11.9. The largest absolute Gasteiger partial charge is 0.439 e. The molecule has 1 aromatic heterocycles. The van der Waals surface area contributed by atoms with Crippen molar-refractivity contribution in [3.05, 3.63) is 57.2 Å². The van der Waals surface area contributed by atoms with Crippen molar-refractivity contribution in [2.24, 2.45) is 0 Å². The van der Waals surface area contributed by atoms with Gasteiger partial charge in [0.15, 0.2) is 0 Å². The van der Waals surface area contributed by atoms with Gasteiger partial charge in [0.2, 0.25) is 5.88 Å². The molecule has 0 amide bonds. The number of rotatable bonds is 4. The van der Waals surface area contributed by atoms with Gasteiger partial charge >= 0.3 is 0 Å². The molecule has 0 saturated carbocycles. The first-order valence-corrected chi connectivity index (χ1v) is 6.11. The lowest BCUT2D eigenvalue weighted by molar-refractivity contribution is -0.384. The van der Waals surface area contributed by atoms with Crippen LogP contribution in [0.2, 0.25) is 5.02 Å². The van der Waals surface area contributed by atoms with Crippen molar-refractivity contribution in [3.8, 4) is 11.6 Å². The molecule has 1 unspecified atom stereocenters. The van der Waals surface area contributed by atoms with Crippen LogP contribution in [0.5, 0.6) is 11.6 Å². The van der Waals surface area contributed by atoms with Crippen LogP contribution in [-0.2, 0) is 0 Å². The summed E-state index contributed by atoms with van der Waals surface area (Å²) in [6, 6.07) is 7.33. The van der Waals surface area contributed by atoms with Crippen molar-refractivity contribution in [1.29, 1.82) is 0 Å². The molecule has 6 nitrogen and oxygen atoms in total. The van der Waals surface area contributed by atoms with E-state index in [-0.39, 0.29) is 10.7 Å².